The van der Waals surface area contributed by atoms with Crippen molar-refractivity contribution in [1.82, 2.24) is 9.80 Å². The molecule has 1 heterocycles. The van der Waals surface area contributed by atoms with Crippen LogP contribution in [0.15, 0.2) is 0 Å². The maximum absolute atomic E-state index is 12.8. The van der Waals surface area contributed by atoms with Crippen molar-refractivity contribution in [1.29, 1.82) is 0 Å². The average Bonchev–Trinajstić information content (AvgIpc) is 2.83. The minimum atomic E-state index is -0.908. The normalized spacial score (nSPS) is 24.0. The minimum absolute atomic E-state index is 0.0540. The van der Waals surface area contributed by atoms with Crippen molar-refractivity contribution in [2.45, 2.75) is 58.5 Å². The van der Waals surface area contributed by atoms with E-state index in [1.54, 1.807) is 21.6 Å². The molecule has 1 saturated heterocycles. The first-order valence-electron chi connectivity index (χ1n) is 7.28. The Morgan fingerprint density at radius 3 is 2.35 bits per heavy atom. The van der Waals surface area contributed by atoms with Gasteiger partial charge in [0.15, 0.2) is 0 Å². The van der Waals surface area contributed by atoms with Crippen LogP contribution in [0.4, 0.5) is 4.79 Å². The SMILES string of the molecule is CCC(C)N(CC)C(=O)N1C(C(=O)O)CSC1C(C)C. The predicted molar refractivity (Wildman–Crippen MR) is 81.9 cm³/mol. The molecule has 0 bridgehead atoms. The quantitative estimate of drug-likeness (QED) is 0.848. The zero-order valence-corrected chi connectivity index (χ0v) is 13.8. The monoisotopic (exact) mass is 302 g/mol. The van der Waals surface area contributed by atoms with Crippen LogP contribution in [-0.2, 0) is 4.79 Å². The van der Waals surface area contributed by atoms with E-state index in [9.17, 15) is 14.7 Å². The Morgan fingerprint density at radius 2 is 1.95 bits per heavy atom. The highest BCUT2D eigenvalue weighted by Crippen LogP contribution is 2.35. The molecule has 3 atom stereocenters. The molecule has 1 aliphatic heterocycles. The molecule has 1 fully saturated rings. The molecule has 0 saturated carbocycles. The lowest BCUT2D eigenvalue weighted by molar-refractivity contribution is -0.141. The highest BCUT2D eigenvalue weighted by atomic mass is 32.2. The second kappa shape index (κ2) is 7.20. The molecule has 0 aliphatic carbocycles. The smallest absolute Gasteiger partial charge is 0.327 e. The van der Waals surface area contributed by atoms with Crippen LogP contribution in [0.3, 0.4) is 0 Å². The summed E-state index contributed by atoms with van der Waals surface area (Å²) in [5.41, 5.74) is 0. The summed E-state index contributed by atoms with van der Waals surface area (Å²) >= 11 is 1.57. The number of hydrogen-bond donors (Lipinski definition) is 1. The summed E-state index contributed by atoms with van der Waals surface area (Å²) in [5, 5.41) is 9.30. The lowest BCUT2D eigenvalue weighted by atomic mass is 10.1. The molecule has 0 spiro atoms. The van der Waals surface area contributed by atoms with Gasteiger partial charge in [-0.05, 0) is 26.2 Å². The highest BCUT2D eigenvalue weighted by molar-refractivity contribution is 8.00. The van der Waals surface area contributed by atoms with Crippen molar-refractivity contribution < 1.29 is 14.7 Å². The number of urea groups is 1. The van der Waals surface area contributed by atoms with Crippen LogP contribution in [0.1, 0.15) is 41.0 Å². The van der Waals surface area contributed by atoms with Crippen molar-refractivity contribution in [2.24, 2.45) is 5.92 Å². The second-order valence-electron chi connectivity index (χ2n) is 5.56. The van der Waals surface area contributed by atoms with E-state index in [4.69, 9.17) is 0 Å². The summed E-state index contributed by atoms with van der Waals surface area (Å²) < 4.78 is 0. The molecule has 116 valence electrons. The van der Waals surface area contributed by atoms with Crippen LogP contribution < -0.4 is 0 Å². The average molecular weight is 302 g/mol. The molecule has 0 aromatic rings. The van der Waals surface area contributed by atoms with Gasteiger partial charge in [0.05, 0.1) is 5.37 Å². The Labute approximate surface area is 125 Å². The molecule has 1 rings (SSSR count). The third-order valence-electron chi connectivity index (χ3n) is 3.82. The van der Waals surface area contributed by atoms with Gasteiger partial charge >= 0.3 is 12.0 Å². The molecule has 1 N–H and O–H groups in total. The third-order valence-corrected chi connectivity index (χ3v) is 5.44. The predicted octanol–water partition coefficient (Wildman–Crippen LogP) is 2.71. The first-order valence-corrected chi connectivity index (χ1v) is 8.33. The molecule has 5 nitrogen and oxygen atoms in total. The molecule has 20 heavy (non-hydrogen) atoms. The first kappa shape index (κ1) is 17.1. The summed E-state index contributed by atoms with van der Waals surface area (Å²) in [7, 11) is 0. The number of hydrogen-bond acceptors (Lipinski definition) is 3. The van der Waals surface area contributed by atoms with E-state index in [-0.39, 0.29) is 23.4 Å². The number of thioether (sulfide) groups is 1. The summed E-state index contributed by atoms with van der Waals surface area (Å²) in [5.74, 6) is -0.194. The molecule has 0 radical (unpaired) electrons. The number of carbonyl (C=O) groups is 2. The largest absolute Gasteiger partial charge is 0.480 e. The van der Waals surface area contributed by atoms with Gasteiger partial charge in [-0.3, -0.25) is 4.90 Å². The van der Waals surface area contributed by atoms with Gasteiger partial charge in [0.25, 0.3) is 0 Å². The number of nitrogens with zero attached hydrogens (tertiary/aromatic N) is 2. The zero-order valence-electron chi connectivity index (χ0n) is 13.0. The lowest BCUT2D eigenvalue weighted by Gasteiger charge is -2.37. The summed E-state index contributed by atoms with van der Waals surface area (Å²) in [6.07, 6.45) is 0.866. The van der Waals surface area contributed by atoms with Gasteiger partial charge < -0.3 is 10.0 Å². The summed E-state index contributed by atoms with van der Waals surface area (Å²) in [4.78, 5) is 27.5. The van der Waals surface area contributed by atoms with Crippen LogP contribution in [0, 0.1) is 5.92 Å². The standard InChI is InChI=1S/C14H26N2O3S/c1-6-10(5)15(7-2)14(19)16-11(13(17)18)8-20-12(16)9(3)4/h9-12H,6-8H2,1-5H3,(H,17,18). The van der Waals surface area contributed by atoms with Gasteiger partial charge in [0, 0.05) is 18.3 Å². The lowest BCUT2D eigenvalue weighted by Crippen LogP contribution is -2.54. The fraction of sp³-hybridized carbons (Fsp3) is 0.857. The van der Waals surface area contributed by atoms with E-state index < -0.39 is 12.0 Å². The molecule has 6 heteroatoms. The molecule has 2 amide bonds. The number of rotatable bonds is 5. The van der Waals surface area contributed by atoms with Crippen molar-refractivity contribution >= 4 is 23.8 Å². The van der Waals surface area contributed by atoms with Crippen molar-refractivity contribution in [2.75, 3.05) is 12.3 Å². The Kier molecular flexibility index (Phi) is 6.17. The highest BCUT2D eigenvalue weighted by Gasteiger charge is 2.44. The van der Waals surface area contributed by atoms with Crippen LogP contribution in [-0.4, -0.2) is 56.7 Å². The molecular weight excluding hydrogens is 276 g/mol. The second-order valence-corrected chi connectivity index (χ2v) is 6.70. The van der Waals surface area contributed by atoms with Gasteiger partial charge in [-0.15, -0.1) is 11.8 Å². The van der Waals surface area contributed by atoms with Gasteiger partial charge in [0.1, 0.15) is 6.04 Å². The number of amides is 2. The number of carboxylic acid groups (broad SMARTS) is 1. The van der Waals surface area contributed by atoms with E-state index in [1.165, 1.54) is 0 Å². The van der Waals surface area contributed by atoms with Crippen molar-refractivity contribution in [3.8, 4) is 0 Å². The fourth-order valence-electron chi connectivity index (χ4n) is 2.48. The summed E-state index contributed by atoms with van der Waals surface area (Å²) in [6, 6.07) is -0.726. The molecular formula is C14H26N2O3S. The Morgan fingerprint density at radius 1 is 1.35 bits per heavy atom. The summed E-state index contributed by atoms with van der Waals surface area (Å²) in [6.45, 7) is 10.6. The molecule has 0 aromatic carbocycles. The molecule has 0 aromatic heterocycles. The van der Waals surface area contributed by atoms with Gasteiger partial charge in [-0.1, -0.05) is 20.8 Å². The molecule has 1 aliphatic rings. The van der Waals surface area contributed by atoms with Crippen molar-refractivity contribution in [3.05, 3.63) is 0 Å². The number of aliphatic carboxylic acids is 1. The Balaban J connectivity index is 3.01. The van der Waals surface area contributed by atoms with Crippen LogP contribution in [0.2, 0.25) is 0 Å². The van der Waals surface area contributed by atoms with E-state index in [2.05, 4.69) is 0 Å². The van der Waals surface area contributed by atoms with E-state index in [0.717, 1.165) is 6.42 Å². The van der Waals surface area contributed by atoms with Crippen molar-refractivity contribution in [3.63, 3.8) is 0 Å². The fourth-order valence-corrected chi connectivity index (χ4v) is 3.94. The van der Waals surface area contributed by atoms with Gasteiger partial charge in [-0.25, -0.2) is 9.59 Å². The van der Waals surface area contributed by atoms with Crippen LogP contribution in [0.25, 0.3) is 0 Å². The van der Waals surface area contributed by atoms with Crippen LogP contribution >= 0.6 is 11.8 Å². The number of carbonyl (C=O) groups excluding carboxylic acids is 1. The molecule has 3 unspecified atom stereocenters. The van der Waals surface area contributed by atoms with E-state index in [1.807, 2.05) is 34.6 Å². The Hall–Kier alpha value is -0.910. The number of carboxylic acids is 1. The first-order chi connectivity index (χ1) is 9.34. The van der Waals surface area contributed by atoms with Gasteiger partial charge in [0.2, 0.25) is 0 Å². The maximum Gasteiger partial charge on any atom is 0.327 e. The maximum atomic E-state index is 12.8. The topological polar surface area (TPSA) is 60.9 Å². The third kappa shape index (κ3) is 3.40. The Bertz CT molecular complexity index is 362. The minimum Gasteiger partial charge on any atom is -0.480 e. The van der Waals surface area contributed by atoms with Gasteiger partial charge in [-0.2, -0.15) is 0 Å². The van der Waals surface area contributed by atoms with E-state index in [0.29, 0.717) is 12.3 Å². The van der Waals surface area contributed by atoms with Crippen LogP contribution in [0.5, 0.6) is 0 Å². The zero-order chi connectivity index (χ0) is 15.4. The van der Waals surface area contributed by atoms with E-state index >= 15 is 0 Å².